The van der Waals surface area contributed by atoms with Crippen LogP contribution in [0.15, 0.2) is 11.6 Å². The van der Waals surface area contributed by atoms with E-state index in [0.29, 0.717) is 5.57 Å². The molecule has 0 fully saturated rings. The van der Waals surface area contributed by atoms with Crippen molar-refractivity contribution < 1.29 is 14.0 Å². The van der Waals surface area contributed by atoms with Crippen molar-refractivity contribution in [1.82, 2.24) is 0 Å². The number of hydrogen-bond acceptors (Lipinski definition) is 2. The zero-order valence-corrected chi connectivity index (χ0v) is 9.26. The van der Waals surface area contributed by atoms with Crippen LogP contribution in [0, 0.1) is 0 Å². The molecule has 0 amide bonds. The first kappa shape index (κ1) is 12.2. The van der Waals surface area contributed by atoms with E-state index in [4.69, 9.17) is 0 Å². The smallest absolute Gasteiger partial charge is 0.333 e. The van der Waals surface area contributed by atoms with E-state index in [1.165, 1.54) is 7.11 Å². The first-order valence-corrected chi connectivity index (χ1v) is 4.42. The Morgan fingerprint density at radius 1 is 1.38 bits per heavy atom. The minimum Gasteiger partial charge on any atom is -0.466 e. The summed E-state index contributed by atoms with van der Waals surface area (Å²) in [5, 5.41) is 0. The number of rotatable bonds is 4. The van der Waals surface area contributed by atoms with Crippen LogP contribution in [-0.4, -0.2) is 45.2 Å². The molecular weight excluding hydrogens is 166 g/mol. The third kappa shape index (κ3) is 6.34. The molecule has 0 aromatic heterocycles. The van der Waals surface area contributed by atoms with Crippen LogP contribution in [-0.2, 0) is 9.53 Å². The summed E-state index contributed by atoms with van der Waals surface area (Å²) in [7, 11) is 7.78. The zero-order chi connectivity index (χ0) is 10.5. The SMILES string of the molecule is COC(=O)C(C)=CCC[N+](C)(C)C. The number of nitrogens with zero attached hydrogens (tertiary/aromatic N) is 1. The second-order valence-electron chi connectivity index (χ2n) is 4.18. The van der Waals surface area contributed by atoms with E-state index in [1.807, 2.05) is 6.08 Å². The Morgan fingerprint density at radius 2 is 1.92 bits per heavy atom. The van der Waals surface area contributed by atoms with Crippen molar-refractivity contribution in [2.45, 2.75) is 13.3 Å². The van der Waals surface area contributed by atoms with Gasteiger partial charge in [0.15, 0.2) is 0 Å². The molecule has 0 aromatic carbocycles. The Labute approximate surface area is 80.6 Å². The highest BCUT2D eigenvalue weighted by molar-refractivity contribution is 5.87. The largest absolute Gasteiger partial charge is 0.466 e. The monoisotopic (exact) mass is 186 g/mol. The Bertz CT molecular complexity index is 201. The van der Waals surface area contributed by atoms with Crippen molar-refractivity contribution in [3.05, 3.63) is 11.6 Å². The van der Waals surface area contributed by atoms with Crippen molar-refractivity contribution >= 4 is 5.97 Å². The summed E-state index contributed by atoms with van der Waals surface area (Å²) in [4.78, 5) is 11.0. The lowest BCUT2D eigenvalue weighted by Gasteiger charge is -2.22. The van der Waals surface area contributed by atoms with Gasteiger partial charge in [-0.15, -0.1) is 0 Å². The molecule has 3 nitrogen and oxygen atoms in total. The normalized spacial score (nSPS) is 12.8. The van der Waals surface area contributed by atoms with E-state index in [9.17, 15) is 4.79 Å². The molecule has 0 spiro atoms. The van der Waals surface area contributed by atoms with Gasteiger partial charge in [0.2, 0.25) is 0 Å². The number of ether oxygens (including phenoxy) is 1. The standard InChI is InChI=1S/C10H20NO2/c1-9(10(12)13-5)7-6-8-11(2,3)4/h7H,6,8H2,1-5H3/q+1. The molecular formula is C10H20NO2+. The minimum atomic E-state index is -0.235. The second kappa shape index (κ2) is 5.02. The Balaban J connectivity index is 3.92. The van der Waals surface area contributed by atoms with E-state index < -0.39 is 0 Å². The third-order valence-electron chi connectivity index (χ3n) is 1.76. The summed E-state index contributed by atoms with van der Waals surface area (Å²) >= 11 is 0. The van der Waals surface area contributed by atoms with Crippen LogP contribution >= 0.6 is 0 Å². The molecule has 0 N–H and O–H groups in total. The molecule has 76 valence electrons. The predicted octanol–water partition coefficient (Wildman–Crippen LogP) is 1.20. The van der Waals surface area contributed by atoms with Crippen LogP contribution in [0.25, 0.3) is 0 Å². The van der Waals surface area contributed by atoms with Crippen LogP contribution in [0.1, 0.15) is 13.3 Å². The molecule has 13 heavy (non-hydrogen) atoms. The molecule has 0 saturated heterocycles. The summed E-state index contributed by atoms with van der Waals surface area (Å²) in [6, 6.07) is 0. The number of methoxy groups -OCH3 is 1. The lowest BCUT2D eigenvalue weighted by atomic mass is 10.2. The summed E-state index contributed by atoms with van der Waals surface area (Å²) in [6.45, 7) is 2.80. The van der Waals surface area contributed by atoms with Gasteiger partial charge in [0.1, 0.15) is 0 Å². The van der Waals surface area contributed by atoms with Gasteiger partial charge < -0.3 is 9.22 Å². The molecule has 0 rings (SSSR count). The first-order chi connectivity index (χ1) is 5.87. The van der Waals surface area contributed by atoms with Crippen LogP contribution in [0.3, 0.4) is 0 Å². The first-order valence-electron chi connectivity index (χ1n) is 4.42. The van der Waals surface area contributed by atoms with E-state index in [-0.39, 0.29) is 5.97 Å². The molecule has 0 atom stereocenters. The third-order valence-corrected chi connectivity index (χ3v) is 1.76. The molecule has 0 unspecified atom stereocenters. The molecule has 3 heteroatoms. The second-order valence-corrected chi connectivity index (χ2v) is 4.18. The van der Waals surface area contributed by atoms with Gasteiger partial charge >= 0.3 is 5.97 Å². The molecule has 0 aliphatic heterocycles. The fourth-order valence-corrected chi connectivity index (χ4v) is 0.913. The lowest BCUT2D eigenvalue weighted by Crippen LogP contribution is -2.35. The molecule has 0 aliphatic rings. The molecule has 0 bridgehead atoms. The lowest BCUT2D eigenvalue weighted by molar-refractivity contribution is -0.869. The number of hydrogen-bond donors (Lipinski definition) is 0. The summed E-state index contributed by atoms with van der Waals surface area (Å²) in [6.07, 6.45) is 2.83. The summed E-state index contributed by atoms with van der Waals surface area (Å²) in [5.41, 5.74) is 0.691. The molecule has 0 saturated carbocycles. The fourth-order valence-electron chi connectivity index (χ4n) is 0.913. The van der Waals surface area contributed by atoms with E-state index in [0.717, 1.165) is 17.4 Å². The van der Waals surface area contributed by atoms with Gasteiger partial charge in [-0.1, -0.05) is 6.08 Å². The average Bonchev–Trinajstić information content (AvgIpc) is 2.00. The van der Waals surface area contributed by atoms with Gasteiger partial charge in [-0.3, -0.25) is 0 Å². The van der Waals surface area contributed by atoms with Gasteiger partial charge in [0, 0.05) is 12.0 Å². The maximum atomic E-state index is 11.0. The van der Waals surface area contributed by atoms with Crippen LogP contribution in [0.4, 0.5) is 0 Å². The summed E-state index contributed by atoms with van der Waals surface area (Å²) < 4.78 is 5.49. The van der Waals surface area contributed by atoms with Gasteiger partial charge in [0.25, 0.3) is 0 Å². The Kier molecular flexibility index (Phi) is 4.70. The van der Waals surface area contributed by atoms with E-state index in [1.54, 1.807) is 6.92 Å². The van der Waals surface area contributed by atoms with Gasteiger partial charge in [-0.05, 0) is 6.92 Å². The predicted molar refractivity (Wildman–Crippen MR) is 53.3 cm³/mol. The van der Waals surface area contributed by atoms with Gasteiger partial charge in [0.05, 0.1) is 34.8 Å². The van der Waals surface area contributed by atoms with E-state index in [2.05, 4.69) is 25.9 Å². The van der Waals surface area contributed by atoms with Crippen LogP contribution in [0.2, 0.25) is 0 Å². The van der Waals surface area contributed by atoms with Crippen LogP contribution in [0.5, 0.6) is 0 Å². The van der Waals surface area contributed by atoms with Crippen molar-refractivity contribution in [3.8, 4) is 0 Å². The summed E-state index contributed by atoms with van der Waals surface area (Å²) in [5.74, 6) is -0.235. The molecule has 0 radical (unpaired) electrons. The highest BCUT2D eigenvalue weighted by atomic mass is 16.5. The van der Waals surface area contributed by atoms with Gasteiger partial charge in [-0.2, -0.15) is 0 Å². The molecule has 0 aromatic rings. The van der Waals surface area contributed by atoms with Crippen molar-refractivity contribution in [1.29, 1.82) is 0 Å². The van der Waals surface area contributed by atoms with Crippen LogP contribution < -0.4 is 0 Å². The number of quaternary nitrogens is 1. The number of esters is 1. The Hall–Kier alpha value is -0.830. The van der Waals surface area contributed by atoms with Crippen molar-refractivity contribution in [2.75, 3.05) is 34.8 Å². The molecule has 0 heterocycles. The zero-order valence-electron chi connectivity index (χ0n) is 9.26. The number of carbonyl (C=O) groups excluding carboxylic acids is 1. The fraction of sp³-hybridized carbons (Fsp3) is 0.700. The Morgan fingerprint density at radius 3 is 2.31 bits per heavy atom. The molecule has 0 aliphatic carbocycles. The van der Waals surface area contributed by atoms with Gasteiger partial charge in [-0.25, -0.2) is 4.79 Å². The highest BCUT2D eigenvalue weighted by Crippen LogP contribution is 2.00. The highest BCUT2D eigenvalue weighted by Gasteiger charge is 2.06. The maximum absolute atomic E-state index is 11.0. The average molecular weight is 186 g/mol. The minimum absolute atomic E-state index is 0.235. The topological polar surface area (TPSA) is 26.3 Å². The quantitative estimate of drug-likeness (QED) is 0.374. The van der Waals surface area contributed by atoms with Crippen molar-refractivity contribution in [2.24, 2.45) is 0 Å². The van der Waals surface area contributed by atoms with E-state index >= 15 is 0 Å². The number of carbonyl (C=O) groups is 1. The maximum Gasteiger partial charge on any atom is 0.333 e. The van der Waals surface area contributed by atoms with Crippen molar-refractivity contribution in [3.63, 3.8) is 0 Å².